The summed E-state index contributed by atoms with van der Waals surface area (Å²) in [5, 5.41) is 2.52. The molecule has 18 heavy (non-hydrogen) atoms. The number of ether oxygens (including phenoxy) is 1. The first kappa shape index (κ1) is 13.8. The van der Waals surface area contributed by atoms with Crippen LogP contribution in [0.15, 0.2) is 34.1 Å². The summed E-state index contributed by atoms with van der Waals surface area (Å²) in [4.78, 5) is 1.45. The number of benzene rings is 1. The van der Waals surface area contributed by atoms with Crippen molar-refractivity contribution in [3.8, 4) is 5.75 Å². The van der Waals surface area contributed by atoms with Crippen molar-refractivity contribution in [1.82, 2.24) is 0 Å². The van der Waals surface area contributed by atoms with E-state index in [2.05, 4.69) is 15.9 Å². The number of thiophene rings is 1. The zero-order chi connectivity index (χ0) is 13.1. The Labute approximate surface area is 128 Å². The van der Waals surface area contributed by atoms with E-state index in [1.54, 1.807) is 29.5 Å². The number of hydrogen-bond acceptors (Lipinski definition) is 3. The van der Waals surface area contributed by atoms with Crippen LogP contribution < -0.4 is 10.5 Å². The smallest absolute Gasteiger partial charge is 0.138 e. The van der Waals surface area contributed by atoms with Crippen LogP contribution in [-0.4, -0.2) is 4.99 Å². The number of nitrogens with two attached hydrogens (primary N) is 1. The SMILES string of the molecule is NC(=S)c1ccc(OCc2cc(Br)cs2)c(Cl)c1. The Hall–Kier alpha value is -0.620. The number of halogens is 2. The highest BCUT2D eigenvalue weighted by Crippen LogP contribution is 2.27. The van der Waals surface area contributed by atoms with Gasteiger partial charge >= 0.3 is 0 Å². The minimum atomic E-state index is 0.325. The average molecular weight is 363 g/mol. The quantitative estimate of drug-likeness (QED) is 0.820. The van der Waals surface area contributed by atoms with E-state index in [1.165, 1.54) is 0 Å². The molecule has 0 saturated carbocycles. The molecule has 2 aromatic rings. The molecule has 2 nitrogen and oxygen atoms in total. The molecule has 94 valence electrons. The molecule has 1 aromatic heterocycles. The summed E-state index contributed by atoms with van der Waals surface area (Å²) in [5.74, 6) is 0.626. The first-order valence-electron chi connectivity index (χ1n) is 5.01. The first-order chi connectivity index (χ1) is 8.56. The van der Waals surface area contributed by atoms with E-state index >= 15 is 0 Å². The molecule has 0 amide bonds. The Kier molecular flexibility index (Phi) is 4.61. The molecule has 0 aliphatic rings. The molecular formula is C12H9BrClNOS2. The second-order valence-electron chi connectivity index (χ2n) is 3.53. The van der Waals surface area contributed by atoms with Gasteiger partial charge in [-0.25, -0.2) is 0 Å². The largest absolute Gasteiger partial charge is 0.487 e. The summed E-state index contributed by atoms with van der Waals surface area (Å²) in [6.07, 6.45) is 0. The summed E-state index contributed by atoms with van der Waals surface area (Å²) in [6, 6.07) is 7.30. The maximum absolute atomic E-state index is 6.10. The topological polar surface area (TPSA) is 35.2 Å². The molecule has 0 aliphatic carbocycles. The molecule has 2 N–H and O–H groups in total. The van der Waals surface area contributed by atoms with Crippen LogP contribution in [0.25, 0.3) is 0 Å². The van der Waals surface area contributed by atoms with Gasteiger partial charge in [-0.3, -0.25) is 0 Å². The highest BCUT2D eigenvalue weighted by Gasteiger charge is 2.06. The van der Waals surface area contributed by atoms with E-state index in [1.807, 2.05) is 11.4 Å². The summed E-state index contributed by atoms with van der Waals surface area (Å²) in [6.45, 7) is 0.488. The minimum Gasteiger partial charge on any atom is -0.487 e. The molecule has 0 aliphatic heterocycles. The highest BCUT2D eigenvalue weighted by atomic mass is 79.9. The number of thiocarbonyl (C=S) groups is 1. The fourth-order valence-corrected chi connectivity index (χ4v) is 3.07. The van der Waals surface area contributed by atoms with Crippen LogP contribution in [0.5, 0.6) is 5.75 Å². The Morgan fingerprint density at radius 1 is 1.44 bits per heavy atom. The van der Waals surface area contributed by atoms with Crippen molar-refractivity contribution in [2.45, 2.75) is 6.61 Å². The van der Waals surface area contributed by atoms with Gasteiger partial charge in [0, 0.05) is 20.3 Å². The van der Waals surface area contributed by atoms with Gasteiger partial charge in [-0.1, -0.05) is 23.8 Å². The normalized spacial score (nSPS) is 10.3. The van der Waals surface area contributed by atoms with E-state index in [0.29, 0.717) is 22.4 Å². The van der Waals surface area contributed by atoms with Crippen molar-refractivity contribution < 1.29 is 4.74 Å². The lowest BCUT2D eigenvalue weighted by Gasteiger charge is -2.08. The third-order valence-electron chi connectivity index (χ3n) is 2.21. The summed E-state index contributed by atoms with van der Waals surface area (Å²) in [7, 11) is 0. The molecule has 2 rings (SSSR count). The van der Waals surface area contributed by atoms with E-state index in [4.69, 9.17) is 34.3 Å². The van der Waals surface area contributed by atoms with Crippen LogP contribution in [0.3, 0.4) is 0 Å². The molecular weight excluding hydrogens is 354 g/mol. The maximum Gasteiger partial charge on any atom is 0.138 e. The van der Waals surface area contributed by atoms with Crippen molar-refractivity contribution in [2.24, 2.45) is 5.73 Å². The van der Waals surface area contributed by atoms with Gasteiger partial charge in [0.05, 0.1) is 5.02 Å². The van der Waals surface area contributed by atoms with Crippen LogP contribution in [0.2, 0.25) is 5.02 Å². The highest BCUT2D eigenvalue weighted by molar-refractivity contribution is 9.10. The molecule has 0 spiro atoms. The molecule has 6 heteroatoms. The van der Waals surface area contributed by atoms with Gasteiger partial charge in [0.25, 0.3) is 0 Å². The van der Waals surface area contributed by atoms with Gasteiger partial charge in [0.1, 0.15) is 17.3 Å². The molecule has 0 unspecified atom stereocenters. The summed E-state index contributed by atoms with van der Waals surface area (Å²) in [5.41, 5.74) is 6.27. The third kappa shape index (κ3) is 3.45. The van der Waals surface area contributed by atoms with Gasteiger partial charge in [-0.05, 0) is 40.2 Å². The lowest BCUT2D eigenvalue weighted by Crippen LogP contribution is -2.09. The second-order valence-corrected chi connectivity index (χ2v) is 6.29. The van der Waals surface area contributed by atoms with Gasteiger partial charge in [-0.15, -0.1) is 11.3 Å². The summed E-state index contributed by atoms with van der Waals surface area (Å²) < 4.78 is 6.70. The van der Waals surface area contributed by atoms with E-state index in [-0.39, 0.29) is 0 Å². The number of rotatable bonds is 4. The minimum absolute atomic E-state index is 0.325. The fraction of sp³-hybridized carbons (Fsp3) is 0.0833. The molecule has 0 fully saturated rings. The molecule has 1 aromatic carbocycles. The Morgan fingerprint density at radius 3 is 2.78 bits per heavy atom. The lowest BCUT2D eigenvalue weighted by molar-refractivity contribution is 0.310. The maximum atomic E-state index is 6.10. The monoisotopic (exact) mass is 361 g/mol. The Balaban J connectivity index is 2.08. The first-order valence-corrected chi connectivity index (χ1v) is 7.47. The van der Waals surface area contributed by atoms with Gasteiger partial charge in [-0.2, -0.15) is 0 Å². The third-order valence-corrected chi connectivity index (χ3v) is 4.41. The molecule has 0 atom stereocenters. The Bertz CT molecular complexity index is 585. The predicted molar refractivity (Wildman–Crippen MR) is 83.7 cm³/mol. The van der Waals surface area contributed by atoms with Gasteiger partial charge in [0.2, 0.25) is 0 Å². The van der Waals surface area contributed by atoms with E-state index in [0.717, 1.165) is 14.9 Å². The van der Waals surface area contributed by atoms with Crippen molar-refractivity contribution >= 4 is 56.1 Å². The van der Waals surface area contributed by atoms with Crippen molar-refractivity contribution in [3.63, 3.8) is 0 Å². The fourth-order valence-electron chi connectivity index (χ4n) is 1.35. The van der Waals surface area contributed by atoms with Gasteiger partial charge in [0.15, 0.2) is 0 Å². The van der Waals surface area contributed by atoms with Crippen LogP contribution >= 0.6 is 51.1 Å². The molecule has 0 saturated heterocycles. The molecule has 0 bridgehead atoms. The molecule has 0 radical (unpaired) electrons. The lowest BCUT2D eigenvalue weighted by atomic mass is 10.2. The predicted octanol–water partition coefficient (Wildman–Crippen LogP) is 4.38. The Morgan fingerprint density at radius 2 is 2.22 bits per heavy atom. The van der Waals surface area contributed by atoms with Gasteiger partial charge < -0.3 is 10.5 Å². The van der Waals surface area contributed by atoms with Crippen molar-refractivity contribution in [2.75, 3.05) is 0 Å². The van der Waals surface area contributed by atoms with Crippen LogP contribution in [0, 0.1) is 0 Å². The number of hydrogen-bond donors (Lipinski definition) is 1. The van der Waals surface area contributed by atoms with E-state index < -0.39 is 0 Å². The standard InChI is InChI=1S/C12H9BrClNOS2/c13-8-4-9(18-6-8)5-16-11-2-1-7(12(15)17)3-10(11)14/h1-4,6H,5H2,(H2,15,17). The molecule has 1 heterocycles. The van der Waals surface area contributed by atoms with Crippen LogP contribution in [0.1, 0.15) is 10.4 Å². The zero-order valence-electron chi connectivity index (χ0n) is 9.15. The zero-order valence-corrected chi connectivity index (χ0v) is 13.1. The van der Waals surface area contributed by atoms with Crippen molar-refractivity contribution in [3.05, 3.63) is 49.6 Å². The van der Waals surface area contributed by atoms with Crippen LogP contribution in [0.4, 0.5) is 0 Å². The summed E-state index contributed by atoms with van der Waals surface area (Å²) >= 11 is 16.0. The average Bonchev–Trinajstić information content (AvgIpc) is 2.73. The van der Waals surface area contributed by atoms with E-state index in [9.17, 15) is 0 Å². The van der Waals surface area contributed by atoms with Crippen molar-refractivity contribution in [1.29, 1.82) is 0 Å². The second kappa shape index (κ2) is 6.02. The van der Waals surface area contributed by atoms with Crippen LogP contribution in [-0.2, 0) is 6.61 Å².